The van der Waals surface area contributed by atoms with Gasteiger partial charge in [-0.1, -0.05) is 0 Å². The molecule has 1 N–H and O–H groups in total. The number of anilines is 1. The molecule has 0 amide bonds. The molecule has 6 nitrogen and oxygen atoms in total. The van der Waals surface area contributed by atoms with Crippen molar-refractivity contribution in [3.8, 4) is 0 Å². The van der Waals surface area contributed by atoms with E-state index in [1.165, 1.54) is 0 Å². The number of hydrogen-bond donors (Lipinski definition) is 1. The molecule has 0 spiro atoms. The van der Waals surface area contributed by atoms with E-state index >= 15 is 0 Å². The number of hydrogen-bond acceptors (Lipinski definition) is 4. The standard InChI is InChI=1S/C7H10N4O2/c1-10-2-3-11-7(10)8-5(9-11)4-6(12)13/h2-4H2,1H3,(H,12,13). The summed E-state index contributed by atoms with van der Waals surface area (Å²) in [4.78, 5) is 16.4. The van der Waals surface area contributed by atoms with E-state index in [0.717, 1.165) is 19.0 Å². The molecule has 6 heteroatoms. The van der Waals surface area contributed by atoms with Crippen LogP contribution in [0, 0.1) is 0 Å². The summed E-state index contributed by atoms with van der Waals surface area (Å²) in [7, 11) is 1.91. The summed E-state index contributed by atoms with van der Waals surface area (Å²) >= 11 is 0. The smallest absolute Gasteiger partial charge is 0.311 e. The Balaban J connectivity index is 2.23. The van der Waals surface area contributed by atoms with Crippen LogP contribution in [0.1, 0.15) is 5.82 Å². The van der Waals surface area contributed by atoms with Crippen LogP contribution < -0.4 is 4.90 Å². The molecule has 0 saturated heterocycles. The molecule has 0 aliphatic carbocycles. The molecule has 1 aliphatic rings. The predicted molar refractivity (Wildman–Crippen MR) is 44.6 cm³/mol. The minimum absolute atomic E-state index is 0.103. The van der Waals surface area contributed by atoms with Crippen molar-refractivity contribution in [1.82, 2.24) is 14.8 Å². The maximum Gasteiger partial charge on any atom is 0.311 e. The molecule has 0 aromatic carbocycles. The Bertz CT molecular complexity index is 346. The zero-order chi connectivity index (χ0) is 9.42. The summed E-state index contributed by atoms with van der Waals surface area (Å²) < 4.78 is 1.73. The number of nitrogens with zero attached hydrogens (tertiary/aromatic N) is 4. The SMILES string of the molecule is CN1CCn2nc(CC(=O)O)nc21. The van der Waals surface area contributed by atoms with Crippen LogP contribution in [0.25, 0.3) is 0 Å². The van der Waals surface area contributed by atoms with Crippen LogP contribution in [0.15, 0.2) is 0 Å². The first-order chi connectivity index (χ1) is 6.16. The first-order valence-electron chi connectivity index (χ1n) is 4.03. The Labute approximate surface area is 74.8 Å². The second-order valence-electron chi connectivity index (χ2n) is 3.04. The van der Waals surface area contributed by atoms with Crippen LogP contribution in [0.5, 0.6) is 0 Å². The maximum atomic E-state index is 10.4. The molecule has 2 rings (SSSR count). The van der Waals surface area contributed by atoms with E-state index in [2.05, 4.69) is 10.1 Å². The summed E-state index contributed by atoms with van der Waals surface area (Å²) in [6, 6.07) is 0. The molecule has 0 saturated carbocycles. The second-order valence-corrected chi connectivity index (χ2v) is 3.04. The first-order valence-corrected chi connectivity index (χ1v) is 4.03. The van der Waals surface area contributed by atoms with Gasteiger partial charge in [0.25, 0.3) is 0 Å². The molecule has 0 unspecified atom stereocenters. The minimum Gasteiger partial charge on any atom is -0.481 e. The van der Waals surface area contributed by atoms with Crippen molar-refractivity contribution in [2.45, 2.75) is 13.0 Å². The zero-order valence-corrected chi connectivity index (χ0v) is 7.27. The molecule has 0 fully saturated rings. The minimum atomic E-state index is -0.896. The lowest BCUT2D eigenvalue weighted by atomic mass is 10.4. The molecule has 2 heterocycles. The van der Waals surface area contributed by atoms with Gasteiger partial charge in [0.2, 0.25) is 5.95 Å². The molecular formula is C7H10N4O2. The van der Waals surface area contributed by atoms with Gasteiger partial charge in [-0.3, -0.25) is 4.79 Å². The normalized spacial score (nSPS) is 14.7. The van der Waals surface area contributed by atoms with Gasteiger partial charge in [0.05, 0.1) is 6.54 Å². The van der Waals surface area contributed by atoms with E-state index in [1.807, 2.05) is 11.9 Å². The first kappa shape index (κ1) is 8.03. The molecule has 1 aromatic heterocycles. The molecular weight excluding hydrogens is 172 g/mol. The van der Waals surface area contributed by atoms with Crippen molar-refractivity contribution in [3.63, 3.8) is 0 Å². The number of carbonyl (C=O) groups is 1. The Hall–Kier alpha value is -1.59. The Morgan fingerprint density at radius 1 is 1.62 bits per heavy atom. The highest BCUT2D eigenvalue weighted by Gasteiger charge is 2.20. The van der Waals surface area contributed by atoms with Gasteiger partial charge in [0.1, 0.15) is 6.42 Å². The monoisotopic (exact) mass is 182 g/mol. The summed E-state index contributed by atoms with van der Waals surface area (Å²) in [6.45, 7) is 1.68. The van der Waals surface area contributed by atoms with Gasteiger partial charge in [-0.05, 0) is 0 Å². The van der Waals surface area contributed by atoms with Crippen LogP contribution in [0.3, 0.4) is 0 Å². The molecule has 0 radical (unpaired) electrons. The van der Waals surface area contributed by atoms with E-state index in [-0.39, 0.29) is 6.42 Å². The number of likely N-dealkylation sites (N-methyl/N-ethyl adjacent to an activating group) is 1. The van der Waals surface area contributed by atoms with E-state index in [0.29, 0.717) is 5.82 Å². The Morgan fingerprint density at radius 3 is 3.00 bits per heavy atom. The van der Waals surface area contributed by atoms with E-state index in [1.54, 1.807) is 4.68 Å². The molecule has 0 atom stereocenters. The topological polar surface area (TPSA) is 71.2 Å². The van der Waals surface area contributed by atoms with Gasteiger partial charge in [-0.25, -0.2) is 4.68 Å². The van der Waals surface area contributed by atoms with Gasteiger partial charge in [0, 0.05) is 13.6 Å². The molecule has 1 aliphatic heterocycles. The Kier molecular flexibility index (Phi) is 1.68. The fourth-order valence-corrected chi connectivity index (χ4v) is 1.37. The van der Waals surface area contributed by atoms with E-state index in [9.17, 15) is 4.79 Å². The van der Waals surface area contributed by atoms with Crippen LogP contribution in [0.2, 0.25) is 0 Å². The van der Waals surface area contributed by atoms with Crippen LogP contribution in [-0.4, -0.2) is 39.4 Å². The quantitative estimate of drug-likeness (QED) is 0.658. The third kappa shape index (κ3) is 1.34. The van der Waals surface area contributed by atoms with E-state index in [4.69, 9.17) is 5.11 Å². The van der Waals surface area contributed by atoms with Crippen LogP contribution >= 0.6 is 0 Å². The zero-order valence-electron chi connectivity index (χ0n) is 7.27. The Morgan fingerprint density at radius 2 is 2.38 bits per heavy atom. The lowest BCUT2D eigenvalue weighted by Crippen LogP contribution is -2.14. The highest BCUT2D eigenvalue weighted by atomic mass is 16.4. The van der Waals surface area contributed by atoms with Crippen molar-refractivity contribution < 1.29 is 9.90 Å². The average Bonchev–Trinajstić information content (AvgIpc) is 2.53. The highest BCUT2D eigenvalue weighted by molar-refractivity contribution is 5.69. The highest BCUT2D eigenvalue weighted by Crippen LogP contribution is 2.15. The molecule has 70 valence electrons. The number of rotatable bonds is 2. The van der Waals surface area contributed by atoms with Crippen LogP contribution in [-0.2, 0) is 17.8 Å². The number of aromatic nitrogens is 3. The van der Waals surface area contributed by atoms with Crippen molar-refractivity contribution in [1.29, 1.82) is 0 Å². The van der Waals surface area contributed by atoms with Gasteiger partial charge in [-0.2, -0.15) is 10.1 Å². The maximum absolute atomic E-state index is 10.4. The summed E-state index contributed by atoms with van der Waals surface area (Å²) in [6.07, 6.45) is -0.103. The largest absolute Gasteiger partial charge is 0.481 e. The van der Waals surface area contributed by atoms with Gasteiger partial charge in [-0.15, -0.1) is 0 Å². The molecule has 1 aromatic rings. The van der Waals surface area contributed by atoms with Crippen LogP contribution in [0.4, 0.5) is 5.95 Å². The van der Waals surface area contributed by atoms with Gasteiger partial charge < -0.3 is 10.0 Å². The van der Waals surface area contributed by atoms with Gasteiger partial charge in [0.15, 0.2) is 5.82 Å². The third-order valence-corrected chi connectivity index (χ3v) is 1.99. The molecule has 0 bridgehead atoms. The van der Waals surface area contributed by atoms with E-state index < -0.39 is 5.97 Å². The second kappa shape index (κ2) is 2.72. The number of carboxylic acids is 1. The average molecular weight is 182 g/mol. The number of carboxylic acid groups (broad SMARTS) is 1. The number of aliphatic carboxylic acids is 1. The summed E-state index contributed by atoms with van der Waals surface area (Å²) in [5, 5.41) is 12.6. The third-order valence-electron chi connectivity index (χ3n) is 1.99. The lowest BCUT2D eigenvalue weighted by Gasteiger charge is -2.04. The fourth-order valence-electron chi connectivity index (χ4n) is 1.37. The fraction of sp³-hybridized carbons (Fsp3) is 0.571. The van der Waals surface area contributed by atoms with Crippen molar-refractivity contribution in [2.75, 3.05) is 18.5 Å². The van der Waals surface area contributed by atoms with Gasteiger partial charge >= 0.3 is 5.97 Å². The predicted octanol–water partition coefficient (Wildman–Crippen LogP) is -0.645. The van der Waals surface area contributed by atoms with Crippen molar-refractivity contribution in [3.05, 3.63) is 5.82 Å². The number of fused-ring (bicyclic) bond motifs is 1. The summed E-state index contributed by atoms with van der Waals surface area (Å²) in [5.41, 5.74) is 0. The van der Waals surface area contributed by atoms with Crippen molar-refractivity contribution >= 4 is 11.9 Å². The molecule has 13 heavy (non-hydrogen) atoms. The van der Waals surface area contributed by atoms with Crippen molar-refractivity contribution in [2.24, 2.45) is 0 Å². The lowest BCUT2D eigenvalue weighted by molar-refractivity contribution is -0.136. The summed E-state index contributed by atoms with van der Waals surface area (Å²) in [5.74, 6) is 0.247.